The summed E-state index contributed by atoms with van der Waals surface area (Å²) >= 11 is 0. The van der Waals surface area contributed by atoms with Gasteiger partial charge in [0.1, 0.15) is 11.6 Å². The fraction of sp³-hybridized carbons (Fsp3) is 0.214. The van der Waals surface area contributed by atoms with E-state index in [0.717, 1.165) is 24.4 Å². The number of nitrogens with one attached hydrogen (secondary N) is 2. The van der Waals surface area contributed by atoms with Crippen molar-refractivity contribution in [3.63, 3.8) is 0 Å². The Balaban J connectivity index is 2.75. The standard InChI is InChI=1S/C14H12F3N3O3/c15-14(16,17)10-2-1-3-11(6-10)20-13(23)9(7-18)8-19-5-4-12(21)22/h1-3,6,8,19H,4-5H2,(H,20,23)(H,21,22)/b9-8-. The summed E-state index contributed by atoms with van der Waals surface area (Å²) in [5, 5.41) is 21.9. The summed E-state index contributed by atoms with van der Waals surface area (Å²) in [4.78, 5) is 22.1. The summed E-state index contributed by atoms with van der Waals surface area (Å²) in [5.74, 6) is -1.97. The van der Waals surface area contributed by atoms with Crippen LogP contribution in [0.4, 0.5) is 18.9 Å². The number of hydrogen-bond donors (Lipinski definition) is 3. The Hall–Kier alpha value is -3.02. The normalized spacial score (nSPS) is 11.5. The van der Waals surface area contributed by atoms with Crippen molar-refractivity contribution in [2.45, 2.75) is 12.6 Å². The van der Waals surface area contributed by atoms with Gasteiger partial charge in [-0.05, 0) is 18.2 Å². The fourth-order valence-electron chi connectivity index (χ4n) is 1.47. The third-order valence-corrected chi connectivity index (χ3v) is 2.54. The van der Waals surface area contributed by atoms with Crippen molar-refractivity contribution in [3.05, 3.63) is 41.6 Å². The molecule has 23 heavy (non-hydrogen) atoms. The maximum atomic E-state index is 12.6. The van der Waals surface area contributed by atoms with Crippen LogP contribution in [-0.2, 0) is 15.8 Å². The summed E-state index contributed by atoms with van der Waals surface area (Å²) in [7, 11) is 0. The lowest BCUT2D eigenvalue weighted by atomic mass is 10.2. The molecule has 1 aromatic rings. The lowest BCUT2D eigenvalue weighted by Crippen LogP contribution is -2.18. The van der Waals surface area contributed by atoms with Crippen molar-refractivity contribution in [3.8, 4) is 6.07 Å². The maximum Gasteiger partial charge on any atom is 0.416 e. The molecule has 9 heteroatoms. The number of carboxylic acids is 1. The predicted octanol–water partition coefficient (Wildman–Crippen LogP) is 2.12. The molecule has 1 aromatic carbocycles. The van der Waals surface area contributed by atoms with Crippen LogP contribution < -0.4 is 10.6 Å². The first-order valence-corrected chi connectivity index (χ1v) is 6.28. The van der Waals surface area contributed by atoms with E-state index in [0.29, 0.717) is 0 Å². The van der Waals surface area contributed by atoms with Gasteiger partial charge in [-0.1, -0.05) is 6.07 Å². The van der Waals surface area contributed by atoms with Gasteiger partial charge in [0.25, 0.3) is 5.91 Å². The fourth-order valence-corrected chi connectivity index (χ4v) is 1.47. The molecule has 0 spiro atoms. The maximum absolute atomic E-state index is 12.6. The van der Waals surface area contributed by atoms with Crippen LogP contribution in [0.1, 0.15) is 12.0 Å². The molecule has 0 saturated heterocycles. The molecule has 0 radical (unpaired) electrons. The molecular weight excluding hydrogens is 315 g/mol. The molecular formula is C14H12F3N3O3. The molecule has 1 amide bonds. The van der Waals surface area contributed by atoms with E-state index < -0.39 is 29.2 Å². The highest BCUT2D eigenvalue weighted by Crippen LogP contribution is 2.30. The molecule has 0 aromatic heterocycles. The van der Waals surface area contributed by atoms with Crippen molar-refractivity contribution < 1.29 is 27.9 Å². The number of rotatable bonds is 6. The van der Waals surface area contributed by atoms with Crippen LogP contribution in [0.2, 0.25) is 0 Å². The number of aliphatic carboxylic acids is 1. The van der Waals surface area contributed by atoms with Crippen molar-refractivity contribution >= 4 is 17.6 Å². The van der Waals surface area contributed by atoms with Gasteiger partial charge in [0.15, 0.2) is 0 Å². The minimum Gasteiger partial charge on any atom is -0.481 e. The summed E-state index contributed by atoms with van der Waals surface area (Å²) in [6.45, 7) is -0.00263. The average molecular weight is 327 g/mol. The monoisotopic (exact) mass is 327 g/mol. The first kappa shape index (κ1) is 18.0. The zero-order valence-electron chi connectivity index (χ0n) is 11.6. The number of hydrogen-bond acceptors (Lipinski definition) is 4. The molecule has 1 rings (SSSR count). The Morgan fingerprint density at radius 1 is 1.35 bits per heavy atom. The molecule has 0 aliphatic rings. The van der Waals surface area contributed by atoms with Crippen LogP contribution in [0.3, 0.4) is 0 Å². The second-order valence-electron chi connectivity index (χ2n) is 4.30. The van der Waals surface area contributed by atoms with Crippen molar-refractivity contribution in [2.75, 3.05) is 11.9 Å². The van der Waals surface area contributed by atoms with Gasteiger partial charge in [-0.25, -0.2) is 0 Å². The topological polar surface area (TPSA) is 102 Å². The Morgan fingerprint density at radius 3 is 2.61 bits per heavy atom. The summed E-state index contributed by atoms with van der Waals surface area (Å²) in [6.07, 6.45) is -3.76. The van der Waals surface area contributed by atoms with Gasteiger partial charge >= 0.3 is 12.1 Å². The number of benzene rings is 1. The van der Waals surface area contributed by atoms with Gasteiger partial charge in [0, 0.05) is 18.4 Å². The molecule has 0 fully saturated rings. The summed E-state index contributed by atoms with van der Waals surface area (Å²) in [5.41, 5.74) is -1.44. The number of alkyl halides is 3. The molecule has 0 aliphatic carbocycles. The van der Waals surface area contributed by atoms with Gasteiger partial charge in [-0.15, -0.1) is 0 Å². The van der Waals surface area contributed by atoms with E-state index in [2.05, 4.69) is 10.6 Å². The Bertz CT molecular complexity index is 663. The smallest absolute Gasteiger partial charge is 0.416 e. The molecule has 3 N–H and O–H groups in total. The molecule has 0 heterocycles. The second-order valence-corrected chi connectivity index (χ2v) is 4.30. The lowest BCUT2D eigenvalue weighted by molar-refractivity contribution is -0.138. The Kier molecular flexibility index (Phi) is 6.14. The van der Waals surface area contributed by atoms with Crippen LogP contribution in [0.5, 0.6) is 0 Å². The SMILES string of the molecule is N#C/C(=C/NCCC(=O)O)C(=O)Nc1cccc(C(F)(F)F)c1. The minimum absolute atomic E-state index is 0.00263. The second kappa shape index (κ2) is 7.84. The zero-order valence-corrected chi connectivity index (χ0v) is 11.6. The van der Waals surface area contributed by atoms with E-state index in [-0.39, 0.29) is 18.7 Å². The van der Waals surface area contributed by atoms with Gasteiger partial charge in [-0.2, -0.15) is 18.4 Å². The first-order chi connectivity index (χ1) is 10.7. The number of halogens is 3. The highest BCUT2D eigenvalue weighted by molar-refractivity contribution is 6.06. The zero-order chi connectivity index (χ0) is 17.5. The van der Waals surface area contributed by atoms with E-state index in [1.54, 1.807) is 6.07 Å². The third-order valence-electron chi connectivity index (χ3n) is 2.54. The summed E-state index contributed by atoms with van der Waals surface area (Å²) in [6, 6.07) is 5.54. The number of carbonyl (C=O) groups excluding carboxylic acids is 1. The number of nitrogens with zero attached hydrogens (tertiary/aromatic N) is 1. The van der Waals surface area contributed by atoms with Crippen molar-refractivity contribution in [2.24, 2.45) is 0 Å². The number of amides is 1. The van der Waals surface area contributed by atoms with E-state index in [1.165, 1.54) is 6.07 Å². The van der Waals surface area contributed by atoms with Crippen LogP contribution in [-0.4, -0.2) is 23.5 Å². The quantitative estimate of drug-likeness (QED) is 0.422. The molecule has 0 atom stereocenters. The minimum atomic E-state index is -4.55. The van der Waals surface area contributed by atoms with E-state index in [9.17, 15) is 22.8 Å². The number of carbonyl (C=O) groups is 2. The molecule has 0 unspecified atom stereocenters. The van der Waals surface area contributed by atoms with Gasteiger partial charge in [-0.3, -0.25) is 9.59 Å². The van der Waals surface area contributed by atoms with E-state index in [4.69, 9.17) is 10.4 Å². The van der Waals surface area contributed by atoms with Crippen LogP contribution in [0.25, 0.3) is 0 Å². The highest BCUT2D eigenvalue weighted by atomic mass is 19.4. The van der Waals surface area contributed by atoms with Crippen LogP contribution >= 0.6 is 0 Å². The van der Waals surface area contributed by atoms with Crippen molar-refractivity contribution in [1.82, 2.24) is 5.32 Å². The molecule has 122 valence electrons. The van der Waals surface area contributed by atoms with Crippen LogP contribution in [0.15, 0.2) is 36.0 Å². The summed E-state index contributed by atoms with van der Waals surface area (Å²) < 4.78 is 37.7. The predicted molar refractivity (Wildman–Crippen MR) is 74.0 cm³/mol. The average Bonchev–Trinajstić information content (AvgIpc) is 2.46. The number of anilines is 1. The molecule has 6 nitrogen and oxygen atoms in total. The number of nitriles is 1. The van der Waals surface area contributed by atoms with Gasteiger partial charge in [0.2, 0.25) is 0 Å². The first-order valence-electron chi connectivity index (χ1n) is 6.28. The lowest BCUT2D eigenvalue weighted by Gasteiger charge is -2.09. The number of carboxylic acid groups (broad SMARTS) is 1. The third kappa shape index (κ3) is 6.09. The largest absolute Gasteiger partial charge is 0.481 e. The van der Waals surface area contributed by atoms with E-state index >= 15 is 0 Å². The van der Waals surface area contributed by atoms with E-state index in [1.807, 2.05) is 0 Å². The Labute approximate surface area is 129 Å². The highest BCUT2D eigenvalue weighted by Gasteiger charge is 2.30. The van der Waals surface area contributed by atoms with Gasteiger partial charge in [0.05, 0.1) is 12.0 Å². The molecule has 0 bridgehead atoms. The molecule has 0 saturated carbocycles. The van der Waals surface area contributed by atoms with Crippen LogP contribution in [0, 0.1) is 11.3 Å². The van der Waals surface area contributed by atoms with Gasteiger partial charge < -0.3 is 15.7 Å². The van der Waals surface area contributed by atoms with Crippen molar-refractivity contribution in [1.29, 1.82) is 5.26 Å². The Morgan fingerprint density at radius 2 is 2.04 bits per heavy atom. The molecule has 0 aliphatic heterocycles.